The molecule has 0 aromatic heterocycles. The molecule has 1 N–H and O–H groups in total. The maximum Gasteiger partial charge on any atom is 0.0469 e. The van der Waals surface area contributed by atoms with Gasteiger partial charge in [-0.3, -0.25) is 0 Å². The Labute approximate surface area is 121 Å². The van der Waals surface area contributed by atoms with Crippen molar-refractivity contribution in [1.82, 2.24) is 5.32 Å². The molecule has 3 heteroatoms. The van der Waals surface area contributed by atoms with Crippen molar-refractivity contribution in [2.75, 3.05) is 19.8 Å². The van der Waals surface area contributed by atoms with E-state index in [4.69, 9.17) is 16.3 Å². The summed E-state index contributed by atoms with van der Waals surface area (Å²) in [5.74, 6) is 0.651. The molecule has 0 saturated carbocycles. The summed E-state index contributed by atoms with van der Waals surface area (Å²) < 4.78 is 5.48. The first-order chi connectivity index (χ1) is 9.20. The zero-order valence-corrected chi connectivity index (χ0v) is 12.7. The van der Waals surface area contributed by atoms with Crippen molar-refractivity contribution in [3.05, 3.63) is 34.3 Å². The van der Waals surface area contributed by atoms with E-state index >= 15 is 0 Å². The Kier molecular flexibility index (Phi) is 5.68. The topological polar surface area (TPSA) is 21.3 Å². The third-order valence-electron chi connectivity index (χ3n) is 3.78. The second kappa shape index (κ2) is 7.28. The highest BCUT2D eigenvalue weighted by molar-refractivity contribution is 6.30. The lowest BCUT2D eigenvalue weighted by molar-refractivity contribution is 0.0536. The van der Waals surface area contributed by atoms with E-state index in [1.54, 1.807) is 0 Å². The molecule has 2 rings (SSSR count). The molecular formula is C16H24ClNO. The Morgan fingerprint density at radius 1 is 1.32 bits per heavy atom. The van der Waals surface area contributed by atoms with Gasteiger partial charge in [0.05, 0.1) is 0 Å². The van der Waals surface area contributed by atoms with Gasteiger partial charge in [0, 0.05) is 24.3 Å². The van der Waals surface area contributed by atoms with E-state index < -0.39 is 0 Å². The van der Waals surface area contributed by atoms with Gasteiger partial charge in [-0.25, -0.2) is 0 Å². The summed E-state index contributed by atoms with van der Waals surface area (Å²) in [7, 11) is 0. The van der Waals surface area contributed by atoms with Gasteiger partial charge in [-0.1, -0.05) is 24.6 Å². The van der Waals surface area contributed by atoms with Crippen LogP contribution in [0.4, 0.5) is 0 Å². The molecule has 1 aromatic rings. The van der Waals surface area contributed by atoms with E-state index in [1.165, 1.54) is 11.1 Å². The van der Waals surface area contributed by atoms with Crippen LogP contribution in [0, 0.1) is 12.8 Å². The van der Waals surface area contributed by atoms with Crippen LogP contribution in [0.5, 0.6) is 0 Å². The van der Waals surface area contributed by atoms with Crippen LogP contribution in [0.25, 0.3) is 0 Å². The average Bonchev–Trinajstić information content (AvgIpc) is 2.39. The zero-order chi connectivity index (χ0) is 13.7. The van der Waals surface area contributed by atoms with Crippen LogP contribution in [-0.2, 0) is 4.74 Å². The smallest absolute Gasteiger partial charge is 0.0469 e. The molecule has 19 heavy (non-hydrogen) atoms. The third-order valence-corrected chi connectivity index (χ3v) is 3.99. The van der Waals surface area contributed by atoms with Gasteiger partial charge < -0.3 is 10.1 Å². The van der Waals surface area contributed by atoms with Crippen molar-refractivity contribution >= 4 is 11.6 Å². The number of aryl methyl sites for hydroxylation is 1. The lowest BCUT2D eigenvalue weighted by atomic mass is 9.86. The fourth-order valence-electron chi connectivity index (χ4n) is 2.85. The quantitative estimate of drug-likeness (QED) is 0.877. The highest BCUT2D eigenvalue weighted by Crippen LogP contribution is 2.32. The molecule has 0 radical (unpaired) electrons. The maximum atomic E-state index is 6.21. The summed E-state index contributed by atoms with van der Waals surface area (Å²) in [6.45, 7) is 7.13. The monoisotopic (exact) mass is 281 g/mol. The minimum Gasteiger partial charge on any atom is -0.381 e. The summed E-state index contributed by atoms with van der Waals surface area (Å²) in [4.78, 5) is 0. The fourth-order valence-corrected chi connectivity index (χ4v) is 3.15. The number of benzene rings is 1. The van der Waals surface area contributed by atoms with Gasteiger partial charge in [-0.2, -0.15) is 0 Å². The Balaban J connectivity index is 2.19. The van der Waals surface area contributed by atoms with Crippen LogP contribution in [0.3, 0.4) is 0 Å². The summed E-state index contributed by atoms with van der Waals surface area (Å²) in [5.41, 5.74) is 2.56. The molecule has 0 amide bonds. The molecule has 1 aromatic carbocycles. The summed E-state index contributed by atoms with van der Waals surface area (Å²) in [6.07, 6.45) is 3.42. The summed E-state index contributed by atoms with van der Waals surface area (Å²) in [6, 6.07) is 6.79. The van der Waals surface area contributed by atoms with Gasteiger partial charge in [0.15, 0.2) is 0 Å². The Morgan fingerprint density at radius 3 is 2.68 bits per heavy atom. The van der Waals surface area contributed by atoms with Gasteiger partial charge in [0.2, 0.25) is 0 Å². The van der Waals surface area contributed by atoms with Crippen molar-refractivity contribution in [2.24, 2.45) is 5.92 Å². The van der Waals surface area contributed by atoms with Crippen LogP contribution in [0.2, 0.25) is 5.02 Å². The molecule has 1 unspecified atom stereocenters. The van der Waals surface area contributed by atoms with E-state index in [0.29, 0.717) is 12.0 Å². The van der Waals surface area contributed by atoms with E-state index in [0.717, 1.165) is 44.0 Å². The lowest BCUT2D eigenvalue weighted by Crippen LogP contribution is -2.32. The minimum absolute atomic E-state index is 0.404. The Hall–Kier alpha value is -0.570. The number of ether oxygens (including phenoxy) is 1. The van der Waals surface area contributed by atoms with Gasteiger partial charge >= 0.3 is 0 Å². The first-order valence-electron chi connectivity index (χ1n) is 7.29. The summed E-state index contributed by atoms with van der Waals surface area (Å²) >= 11 is 6.21. The predicted octanol–water partition coefficient (Wildman–Crippen LogP) is 4.12. The second-order valence-corrected chi connectivity index (χ2v) is 5.88. The molecule has 2 nitrogen and oxygen atoms in total. The van der Waals surface area contributed by atoms with Crippen molar-refractivity contribution in [3.63, 3.8) is 0 Å². The number of nitrogens with one attached hydrogen (secondary N) is 1. The van der Waals surface area contributed by atoms with Gasteiger partial charge in [0.25, 0.3) is 0 Å². The second-order valence-electron chi connectivity index (χ2n) is 5.44. The third kappa shape index (κ3) is 4.20. The van der Waals surface area contributed by atoms with Crippen LogP contribution in [0.1, 0.15) is 43.4 Å². The largest absolute Gasteiger partial charge is 0.381 e. The average molecular weight is 282 g/mol. The number of rotatable bonds is 5. The van der Waals surface area contributed by atoms with Crippen LogP contribution < -0.4 is 5.32 Å². The van der Waals surface area contributed by atoms with Crippen LogP contribution in [0.15, 0.2) is 18.2 Å². The SMILES string of the molecule is CCCNC(c1cc(C)cc(Cl)c1)C1CCOCC1. The van der Waals surface area contributed by atoms with Gasteiger partial charge in [-0.05, 0) is 61.9 Å². The molecule has 1 atom stereocenters. The van der Waals surface area contributed by atoms with Crippen molar-refractivity contribution in [3.8, 4) is 0 Å². The van der Waals surface area contributed by atoms with E-state index in [9.17, 15) is 0 Å². The van der Waals surface area contributed by atoms with Crippen molar-refractivity contribution in [1.29, 1.82) is 0 Å². The van der Waals surface area contributed by atoms with Crippen molar-refractivity contribution < 1.29 is 4.74 Å². The minimum atomic E-state index is 0.404. The Bertz CT molecular complexity index is 381. The molecule has 1 aliphatic rings. The molecule has 1 fully saturated rings. The normalized spacial score (nSPS) is 18.5. The molecule has 1 aliphatic heterocycles. The number of hydrogen-bond donors (Lipinski definition) is 1. The predicted molar refractivity (Wildman–Crippen MR) is 80.8 cm³/mol. The lowest BCUT2D eigenvalue weighted by Gasteiger charge is -2.31. The summed E-state index contributed by atoms with van der Waals surface area (Å²) in [5, 5.41) is 4.53. The highest BCUT2D eigenvalue weighted by Gasteiger charge is 2.25. The van der Waals surface area contributed by atoms with Gasteiger partial charge in [0.1, 0.15) is 0 Å². The molecule has 0 bridgehead atoms. The van der Waals surface area contributed by atoms with E-state index in [2.05, 4.69) is 31.3 Å². The molecule has 106 valence electrons. The first-order valence-corrected chi connectivity index (χ1v) is 7.66. The molecular weight excluding hydrogens is 258 g/mol. The number of halogens is 1. The highest BCUT2D eigenvalue weighted by atomic mass is 35.5. The standard InChI is InChI=1S/C16H24ClNO/c1-3-6-18-16(13-4-7-19-8-5-13)14-9-12(2)10-15(17)11-14/h9-11,13,16,18H,3-8H2,1-2H3. The number of hydrogen-bond acceptors (Lipinski definition) is 2. The van der Waals surface area contributed by atoms with E-state index in [-0.39, 0.29) is 0 Å². The molecule has 0 aliphatic carbocycles. The van der Waals surface area contributed by atoms with Crippen LogP contribution in [-0.4, -0.2) is 19.8 Å². The fraction of sp³-hybridized carbons (Fsp3) is 0.625. The molecule has 1 saturated heterocycles. The molecule has 0 spiro atoms. The Morgan fingerprint density at radius 2 is 2.05 bits per heavy atom. The molecule has 1 heterocycles. The van der Waals surface area contributed by atoms with E-state index in [1.807, 2.05) is 6.07 Å². The van der Waals surface area contributed by atoms with Crippen molar-refractivity contribution in [2.45, 2.75) is 39.2 Å². The van der Waals surface area contributed by atoms with Gasteiger partial charge in [-0.15, -0.1) is 0 Å². The zero-order valence-electron chi connectivity index (χ0n) is 11.9. The first kappa shape index (κ1) is 14.8. The maximum absolute atomic E-state index is 6.21. The van der Waals surface area contributed by atoms with Crippen LogP contribution >= 0.6 is 11.6 Å².